The van der Waals surface area contributed by atoms with Gasteiger partial charge in [0.2, 0.25) is 5.91 Å². The minimum Gasteiger partial charge on any atom is -0.469 e. The van der Waals surface area contributed by atoms with Gasteiger partial charge in [-0.1, -0.05) is 24.3 Å². The number of ether oxygens (including phenoxy) is 2. The monoisotopic (exact) mass is 461 g/mol. The molecular formula is C26H27N3O5. The molecule has 1 saturated carbocycles. The molecule has 1 heterocycles. The molecule has 1 spiro atoms. The fraction of sp³-hybridized carbons (Fsp3) is 0.500. The van der Waals surface area contributed by atoms with E-state index in [0.29, 0.717) is 29.7 Å². The van der Waals surface area contributed by atoms with E-state index in [0.717, 1.165) is 11.3 Å². The lowest BCUT2D eigenvalue weighted by Crippen LogP contribution is -2.60. The summed E-state index contributed by atoms with van der Waals surface area (Å²) in [5.41, 5.74) is -2.46. The summed E-state index contributed by atoms with van der Waals surface area (Å²) in [5.74, 6) is -3.01. The first-order chi connectivity index (χ1) is 16.1. The highest BCUT2D eigenvalue weighted by Gasteiger charge is 2.70. The number of imide groups is 1. The van der Waals surface area contributed by atoms with Gasteiger partial charge in [-0.25, -0.2) is 9.69 Å². The highest BCUT2D eigenvalue weighted by atomic mass is 16.6. The zero-order valence-corrected chi connectivity index (χ0v) is 19.8. The van der Waals surface area contributed by atoms with Crippen molar-refractivity contribution >= 4 is 23.7 Å². The second-order valence-electron chi connectivity index (χ2n) is 10.1. The Kier molecular flexibility index (Phi) is 5.52. The van der Waals surface area contributed by atoms with Gasteiger partial charge in [0.05, 0.1) is 36.3 Å². The average molecular weight is 462 g/mol. The summed E-state index contributed by atoms with van der Waals surface area (Å²) in [7, 11) is 1.22. The van der Waals surface area contributed by atoms with Crippen LogP contribution in [0.3, 0.4) is 0 Å². The molecule has 8 heteroatoms. The summed E-state index contributed by atoms with van der Waals surface area (Å²) < 4.78 is 10.7. The van der Waals surface area contributed by atoms with Crippen molar-refractivity contribution in [1.29, 1.82) is 10.5 Å². The molecular weight excluding hydrogens is 434 g/mol. The zero-order valence-electron chi connectivity index (χ0n) is 19.8. The predicted molar refractivity (Wildman–Crippen MR) is 121 cm³/mol. The Morgan fingerprint density at radius 3 is 2.47 bits per heavy atom. The second-order valence-corrected chi connectivity index (χ2v) is 10.1. The third kappa shape index (κ3) is 3.13. The van der Waals surface area contributed by atoms with Crippen LogP contribution in [-0.2, 0) is 24.5 Å². The third-order valence-corrected chi connectivity index (χ3v) is 7.13. The van der Waals surface area contributed by atoms with E-state index in [1.54, 1.807) is 45.0 Å². The van der Waals surface area contributed by atoms with Crippen LogP contribution in [0.4, 0.5) is 10.5 Å². The van der Waals surface area contributed by atoms with E-state index in [1.807, 2.05) is 6.08 Å². The van der Waals surface area contributed by atoms with E-state index < -0.39 is 46.2 Å². The number of allylic oxidation sites excluding steroid dienone is 2. The molecule has 1 aromatic rings. The van der Waals surface area contributed by atoms with Crippen molar-refractivity contribution in [2.45, 2.75) is 57.5 Å². The van der Waals surface area contributed by atoms with Crippen molar-refractivity contribution in [3.8, 4) is 12.1 Å². The Morgan fingerprint density at radius 2 is 1.85 bits per heavy atom. The van der Waals surface area contributed by atoms with Gasteiger partial charge in [-0.15, -0.1) is 0 Å². The molecule has 0 radical (unpaired) electrons. The highest BCUT2D eigenvalue weighted by molar-refractivity contribution is 6.22. The summed E-state index contributed by atoms with van der Waals surface area (Å²) >= 11 is 0. The number of esters is 1. The third-order valence-electron chi connectivity index (χ3n) is 7.13. The maximum atomic E-state index is 14.4. The van der Waals surface area contributed by atoms with E-state index in [4.69, 9.17) is 9.47 Å². The van der Waals surface area contributed by atoms with Crippen LogP contribution in [-0.4, -0.2) is 30.7 Å². The Morgan fingerprint density at radius 1 is 1.18 bits per heavy atom. The number of carbonyl (C=O) groups is 3. The van der Waals surface area contributed by atoms with Crippen LogP contribution in [0.25, 0.3) is 0 Å². The van der Waals surface area contributed by atoms with Gasteiger partial charge >= 0.3 is 12.1 Å². The van der Waals surface area contributed by atoms with Crippen LogP contribution in [0.2, 0.25) is 0 Å². The average Bonchev–Trinajstić information content (AvgIpc) is 3.07. The van der Waals surface area contributed by atoms with Crippen LogP contribution in [0, 0.1) is 39.9 Å². The summed E-state index contributed by atoms with van der Waals surface area (Å²) in [6, 6.07) is 11.1. The number of nitrogens with zero attached hydrogens (tertiary/aromatic N) is 3. The number of rotatable bonds is 1. The van der Waals surface area contributed by atoms with Gasteiger partial charge in [-0.05, 0) is 63.7 Å². The molecule has 2 aliphatic carbocycles. The molecule has 1 fully saturated rings. The first-order valence-electron chi connectivity index (χ1n) is 11.4. The van der Waals surface area contributed by atoms with E-state index >= 15 is 0 Å². The fourth-order valence-electron chi connectivity index (χ4n) is 5.90. The SMILES string of the molecule is COC(=O)[C@@H]1CC(C#N)(C#N)C2=CCCC[C@@H]2[C@]12C(=O)N(C(=O)OC(C)(C)C)c1ccccc12. The lowest BCUT2D eigenvalue weighted by molar-refractivity contribution is -0.155. The van der Waals surface area contributed by atoms with Crippen LogP contribution >= 0.6 is 0 Å². The van der Waals surface area contributed by atoms with Crippen LogP contribution in [0.15, 0.2) is 35.9 Å². The Bertz CT molecular complexity index is 1170. The van der Waals surface area contributed by atoms with Gasteiger partial charge in [0, 0.05) is 5.92 Å². The molecule has 0 aromatic heterocycles. The van der Waals surface area contributed by atoms with Gasteiger partial charge in [0.1, 0.15) is 5.60 Å². The highest BCUT2D eigenvalue weighted by Crippen LogP contribution is 2.63. The van der Waals surface area contributed by atoms with Crippen molar-refractivity contribution in [2.24, 2.45) is 17.3 Å². The molecule has 8 nitrogen and oxygen atoms in total. The van der Waals surface area contributed by atoms with Crippen molar-refractivity contribution in [3.05, 3.63) is 41.5 Å². The normalized spacial score (nSPS) is 27.1. The number of nitriles is 2. The first kappa shape index (κ1) is 23.5. The Hall–Kier alpha value is -3.65. The van der Waals surface area contributed by atoms with E-state index in [9.17, 15) is 24.9 Å². The topological polar surface area (TPSA) is 120 Å². The standard InChI is InChI=1S/C26H27N3O5/c1-24(2,3)34-23(32)29-20-12-8-7-11-18(20)26(22(29)31)17-10-6-5-9-16(17)25(14-27,15-28)13-19(26)21(30)33-4/h7-9,11-12,17,19H,5-6,10,13H2,1-4H3/t17-,19-,26+/m0/s1. The fourth-order valence-corrected chi connectivity index (χ4v) is 5.90. The lowest BCUT2D eigenvalue weighted by Gasteiger charge is -2.51. The molecule has 2 amide bonds. The quantitative estimate of drug-likeness (QED) is 0.455. The van der Waals surface area contributed by atoms with Gasteiger partial charge in [0.25, 0.3) is 0 Å². The summed E-state index contributed by atoms with van der Waals surface area (Å²) in [6.45, 7) is 5.13. The lowest BCUT2D eigenvalue weighted by atomic mass is 9.47. The summed E-state index contributed by atoms with van der Waals surface area (Å²) in [6.07, 6.45) is 2.72. The van der Waals surface area contributed by atoms with E-state index in [1.165, 1.54) is 7.11 Å². The van der Waals surface area contributed by atoms with E-state index in [-0.39, 0.29) is 6.42 Å². The number of para-hydroxylation sites is 1. The second kappa shape index (κ2) is 7.99. The smallest absolute Gasteiger partial charge is 0.421 e. The molecule has 176 valence electrons. The minimum absolute atomic E-state index is 0.197. The number of anilines is 1. The van der Waals surface area contributed by atoms with Crippen molar-refractivity contribution in [2.75, 3.05) is 12.0 Å². The van der Waals surface area contributed by atoms with Crippen molar-refractivity contribution in [3.63, 3.8) is 0 Å². The number of hydrogen-bond donors (Lipinski definition) is 0. The molecule has 34 heavy (non-hydrogen) atoms. The predicted octanol–water partition coefficient (Wildman–Crippen LogP) is 4.16. The molecule has 4 rings (SSSR count). The van der Waals surface area contributed by atoms with Crippen LogP contribution in [0.1, 0.15) is 52.0 Å². The number of fused-ring (bicyclic) bond motifs is 4. The maximum Gasteiger partial charge on any atom is 0.421 e. The molecule has 3 aliphatic rings. The summed E-state index contributed by atoms with van der Waals surface area (Å²) in [5, 5.41) is 20.2. The number of methoxy groups -OCH3 is 1. The largest absolute Gasteiger partial charge is 0.469 e. The Labute approximate surface area is 198 Å². The molecule has 3 atom stereocenters. The maximum absolute atomic E-state index is 14.4. The number of benzene rings is 1. The number of carbonyl (C=O) groups excluding carboxylic acids is 3. The van der Waals surface area contributed by atoms with Crippen molar-refractivity contribution < 1.29 is 23.9 Å². The zero-order chi connectivity index (χ0) is 24.9. The summed E-state index contributed by atoms with van der Waals surface area (Å²) in [4.78, 5) is 41.9. The number of hydrogen-bond acceptors (Lipinski definition) is 7. The van der Waals surface area contributed by atoms with Crippen molar-refractivity contribution in [1.82, 2.24) is 0 Å². The minimum atomic E-state index is -1.55. The van der Waals surface area contributed by atoms with Gasteiger partial charge in [0.15, 0.2) is 5.41 Å². The molecule has 1 aliphatic heterocycles. The number of amides is 2. The molecule has 0 N–H and O–H groups in total. The molecule has 1 aromatic carbocycles. The Balaban J connectivity index is 2.01. The van der Waals surface area contributed by atoms with E-state index in [2.05, 4.69) is 12.1 Å². The molecule has 0 saturated heterocycles. The van der Waals surface area contributed by atoms with Crippen LogP contribution < -0.4 is 4.90 Å². The molecule has 0 unspecified atom stereocenters. The van der Waals surface area contributed by atoms with Crippen LogP contribution in [0.5, 0.6) is 0 Å². The molecule has 0 bridgehead atoms. The first-order valence-corrected chi connectivity index (χ1v) is 11.4. The van der Waals surface area contributed by atoms with Gasteiger partial charge in [-0.3, -0.25) is 9.59 Å². The van der Waals surface area contributed by atoms with Gasteiger partial charge in [-0.2, -0.15) is 10.5 Å². The van der Waals surface area contributed by atoms with Gasteiger partial charge < -0.3 is 9.47 Å².